The molecule has 0 bridgehead atoms. The van der Waals surface area contributed by atoms with Gasteiger partial charge in [-0.15, -0.1) is 0 Å². The van der Waals surface area contributed by atoms with Crippen LogP contribution in [0.4, 0.5) is 5.69 Å². The topological polar surface area (TPSA) is 12.0 Å². The Hall–Kier alpha value is -0.283. The van der Waals surface area contributed by atoms with E-state index in [9.17, 15) is 0 Å². The SMILES string of the molecule is C[Si](C)(C)Nc1ccc(Br)cc1. The van der Waals surface area contributed by atoms with Crippen LogP contribution < -0.4 is 4.98 Å². The minimum absolute atomic E-state index is 1.13. The highest BCUT2D eigenvalue weighted by Gasteiger charge is 2.11. The molecule has 0 unspecified atom stereocenters. The fourth-order valence-corrected chi connectivity index (χ4v) is 2.26. The Balaban J connectivity index is 2.71. The minimum Gasteiger partial charge on any atom is -0.411 e. The Morgan fingerprint density at radius 1 is 1.08 bits per heavy atom. The van der Waals surface area contributed by atoms with E-state index >= 15 is 0 Å². The maximum Gasteiger partial charge on any atom is 0.144 e. The van der Waals surface area contributed by atoms with Crippen molar-refractivity contribution in [3.05, 3.63) is 28.7 Å². The fourth-order valence-electron chi connectivity index (χ4n) is 0.966. The van der Waals surface area contributed by atoms with E-state index in [-0.39, 0.29) is 0 Å². The summed E-state index contributed by atoms with van der Waals surface area (Å²) in [5.74, 6) is 0. The molecule has 0 fully saturated rings. The van der Waals surface area contributed by atoms with Gasteiger partial charge in [0.1, 0.15) is 8.24 Å². The second-order valence-corrected chi connectivity index (χ2v) is 9.55. The first-order chi connectivity index (χ1) is 5.47. The molecular weight excluding hydrogens is 230 g/mol. The van der Waals surface area contributed by atoms with Crippen LogP contribution in [0, 0.1) is 0 Å². The predicted octanol–water partition coefficient (Wildman–Crippen LogP) is 3.70. The van der Waals surface area contributed by atoms with Crippen LogP contribution in [0.1, 0.15) is 0 Å². The molecule has 1 nitrogen and oxygen atoms in total. The highest BCUT2D eigenvalue weighted by Crippen LogP contribution is 2.16. The molecule has 0 aliphatic rings. The van der Waals surface area contributed by atoms with Crippen molar-refractivity contribution in [3.8, 4) is 0 Å². The molecule has 0 aliphatic carbocycles. The average Bonchev–Trinajstić information content (AvgIpc) is 1.91. The molecule has 1 aromatic rings. The van der Waals surface area contributed by atoms with E-state index in [0.29, 0.717) is 0 Å². The summed E-state index contributed by atoms with van der Waals surface area (Å²) in [5.41, 5.74) is 1.22. The first kappa shape index (κ1) is 9.80. The van der Waals surface area contributed by atoms with Gasteiger partial charge in [0.2, 0.25) is 0 Å². The van der Waals surface area contributed by atoms with Crippen LogP contribution in [0.15, 0.2) is 28.7 Å². The molecule has 0 aromatic heterocycles. The molecule has 0 radical (unpaired) electrons. The lowest BCUT2D eigenvalue weighted by molar-refractivity contribution is 1.56. The van der Waals surface area contributed by atoms with Crippen LogP contribution in [-0.2, 0) is 0 Å². The second-order valence-electron chi connectivity index (χ2n) is 3.88. The van der Waals surface area contributed by atoms with Crippen molar-refractivity contribution in [2.24, 2.45) is 0 Å². The summed E-state index contributed by atoms with van der Waals surface area (Å²) < 4.78 is 1.13. The summed E-state index contributed by atoms with van der Waals surface area (Å²) in [4.78, 5) is 3.53. The van der Waals surface area contributed by atoms with E-state index in [0.717, 1.165) is 4.47 Å². The largest absolute Gasteiger partial charge is 0.411 e. The van der Waals surface area contributed by atoms with E-state index < -0.39 is 8.24 Å². The lowest BCUT2D eigenvalue weighted by Crippen LogP contribution is -2.32. The van der Waals surface area contributed by atoms with E-state index in [2.05, 4.69) is 64.8 Å². The zero-order chi connectivity index (χ0) is 9.19. The van der Waals surface area contributed by atoms with Crippen molar-refractivity contribution in [2.75, 3.05) is 4.98 Å². The zero-order valence-electron chi connectivity index (χ0n) is 7.69. The molecular formula is C9H14BrNSi. The normalized spacial score (nSPS) is 11.3. The summed E-state index contributed by atoms with van der Waals surface area (Å²) in [6, 6.07) is 8.32. The van der Waals surface area contributed by atoms with Crippen LogP contribution in [0.25, 0.3) is 0 Å². The Morgan fingerprint density at radius 3 is 2.00 bits per heavy atom. The number of anilines is 1. The van der Waals surface area contributed by atoms with Gasteiger partial charge in [-0.05, 0) is 24.3 Å². The van der Waals surface area contributed by atoms with Gasteiger partial charge in [-0.3, -0.25) is 0 Å². The first-order valence-corrected chi connectivity index (χ1v) is 8.30. The third-order valence-electron chi connectivity index (χ3n) is 1.36. The molecule has 0 heterocycles. The van der Waals surface area contributed by atoms with Gasteiger partial charge in [0.25, 0.3) is 0 Å². The van der Waals surface area contributed by atoms with Crippen LogP contribution in [0.3, 0.4) is 0 Å². The molecule has 0 atom stereocenters. The van der Waals surface area contributed by atoms with E-state index in [1.807, 2.05) is 0 Å². The fraction of sp³-hybridized carbons (Fsp3) is 0.333. The van der Waals surface area contributed by atoms with Crippen LogP contribution in [0.5, 0.6) is 0 Å². The maximum absolute atomic E-state index is 3.53. The third kappa shape index (κ3) is 3.41. The van der Waals surface area contributed by atoms with Gasteiger partial charge in [-0.2, -0.15) is 0 Å². The van der Waals surface area contributed by atoms with Crippen molar-refractivity contribution in [1.82, 2.24) is 0 Å². The zero-order valence-corrected chi connectivity index (χ0v) is 10.3. The van der Waals surface area contributed by atoms with Gasteiger partial charge in [0, 0.05) is 10.2 Å². The number of benzene rings is 1. The molecule has 0 saturated heterocycles. The van der Waals surface area contributed by atoms with Gasteiger partial charge in [-0.25, -0.2) is 0 Å². The minimum atomic E-state index is -1.18. The van der Waals surface area contributed by atoms with Crippen molar-refractivity contribution in [2.45, 2.75) is 19.6 Å². The highest BCUT2D eigenvalue weighted by molar-refractivity contribution is 9.10. The van der Waals surface area contributed by atoms with Crippen molar-refractivity contribution in [3.63, 3.8) is 0 Å². The van der Waals surface area contributed by atoms with Gasteiger partial charge in [0.05, 0.1) is 0 Å². The smallest absolute Gasteiger partial charge is 0.144 e. The monoisotopic (exact) mass is 243 g/mol. The predicted molar refractivity (Wildman–Crippen MR) is 61.1 cm³/mol. The van der Waals surface area contributed by atoms with Crippen molar-refractivity contribution >= 4 is 29.9 Å². The van der Waals surface area contributed by atoms with Gasteiger partial charge < -0.3 is 4.98 Å². The highest BCUT2D eigenvalue weighted by atomic mass is 79.9. The average molecular weight is 244 g/mol. The van der Waals surface area contributed by atoms with Crippen LogP contribution in [-0.4, -0.2) is 8.24 Å². The summed E-state index contributed by atoms with van der Waals surface area (Å²) in [6.07, 6.45) is 0. The number of hydrogen-bond acceptors (Lipinski definition) is 1. The first-order valence-electron chi connectivity index (χ1n) is 4.01. The molecule has 0 saturated carbocycles. The number of rotatable bonds is 2. The lowest BCUT2D eigenvalue weighted by Gasteiger charge is -2.19. The summed E-state index contributed by atoms with van der Waals surface area (Å²) in [6.45, 7) is 6.86. The van der Waals surface area contributed by atoms with Gasteiger partial charge >= 0.3 is 0 Å². The molecule has 12 heavy (non-hydrogen) atoms. The summed E-state index contributed by atoms with van der Waals surface area (Å²) in [5, 5.41) is 0. The van der Waals surface area contributed by atoms with E-state index in [4.69, 9.17) is 0 Å². The molecule has 0 spiro atoms. The Bertz CT molecular complexity index is 250. The number of hydrogen-bond donors (Lipinski definition) is 1. The number of halogens is 1. The van der Waals surface area contributed by atoms with Gasteiger partial charge in [-0.1, -0.05) is 35.6 Å². The quantitative estimate of drug-likeness (QED) is 0.782. The molecule has 1 N–H and O–H groups in total. The molecule has 0 aliphatic heterocycles. The van der Waals surface area contributed by atoms with Gasteiger partial charge in [0.15, 0.2) is 0 Å². The molecule has 1 aromatic carbocycles. The number of nitrogens with one attached hydrogen (secondary N) is 1. The molecule has 66 valence electrons. The summed E-state index contributed by atoms with van der Waals surface area (Å²) in [7, 11) is -1.18. The van der Waals surface area contributed by atoms with Crippen molar-refractivity contribution in [1.29, 1.82) is 0 Å². The second kappa shape index (κ2) is 3.62. The molecule has 1 rings (SSSR count). The lowest BCUT2D eigenvalue weighted by atomic mass is 10.3. The third-order valence-corrected chi connectivity index (χ3v) is 2.93. The standard InChI is InChI=1S/C9H14BrNSi/c1-12(2,3)11-9-6-4-8(10)5-7-9/h4-7,11H,1-3H3. The summed E-state index contributed by atoms with van der Waals surface area (Å²) >= 11 is 3.41. The Morgan fingerprint density at radius 2 is 1.58 bits per heavy atom. The van der Waals surface area contributed by atoms with E-state index in [1.54, 1.807) is 0 Å². The van der Waals surface area contributed by atoms with Crippen LogP contribution in [0.2, 0.25) is 19.6 Å². The Labute approximate surface area is 83.4 Å². The van der Waals surface area contributed by atoms with Crippen molar-refractivity contribution < 1.29 is 0 Å². The Kier molecular flexibility index (Phi) is 2.96. The maximum atomic E-state index is 3.53. The van der Waals surface area contributed by atoms with Crippen LogP contribution >= 0.6 is 15.9 Å². The molecule has 0 amide bonds. The van der Waals surface area contributed by atoms with E-state index in [1.165, 1.54) is 5.69 Å². The molecule has 3 heteroatoms.